The zero-order chi connectivity index (χ0) is 7.28. The van der Waals surface area contributed by atoms with Crippen LogP contribution in [-0.2, 0) is 0 Å². The molecule has 0 aliphatic carbocycles. The van der Waals surface area contributed by atoms with Crippen LogP contribution < -0.4 is 5.43 Å². The third kappa shape index (κ3) is 5.41. The summed E-state index contributed by atoms with van der Waals surface area (Å²) in [4.78, 5) is 0. The molecule has 2 nitrogen and oxygen atoms in total. The van der Waals surface area contributed by atoms with Gasteiger partial charge in [0.25, 0.3) is 0 Å². The van der Waals surface area contributed by atoms with Crippen LogP contribution in [0.5, 0.6) is 0 Å². The molecule has 0 aliphatic heterocycles. The predicted molar refractivity (Wildman–Crippen MR) is 44.5 cm³/mol. The summed E-state index contributed by atoms with van der Waals surface area (Å²) in [6, 6.07) is 0.500. The van der Waals surface area contributed by atoms with Crippen LogP contribution in [0.2, 0.25) is 0 Å². The van der Waals surface area contributed by atoms with E-state index in [9.17, 15) is 0 Å². The van der Waals surface area contributed by atoms with E-state index in [1.807, 2.05) is 14.8 Å². The van der Waals surface area contributed by atoms with Crippen LogP contribution in [0.1, 0.15) is 27.2 Å². The first-order valence-electron chi connectivity index (χ1n) is 3.43. The third-order valence-corrected chi connectivity index (χ3v) is 1.12. The summed E-state index contributed by atoms with van der Waals surface area (Å²) in [6.07, 6.45) is 1.12. The molecule has 0 rings (SSSR count). The van der Waals surface area contributed by atoms with Crippen molar-refractivity contribution >= 4 is 13.5 Å². The highest BCUT2D eigenvalue weighted by molar-refractivity contribution is 6.58. The van der Waals surface area contributed by atoms with Crippen molar-refractivity contribution in [1.29, 1.82) is 0 Å². The van der Waals surface area contributed by atoms with E-state index in [-0.39, 0.29) is 0 Å². The van der Waals surface area contributed by atoms with Gasteiger partial charge >= 0.3 is 0 Å². The van der Waals surface area contributed by atoms with Crippen LogP contribution in [0, 0.1) is 0 Å². The van der Waals surface area contributed by atoms with Gasteiger partial charge < -0.3 is 5.43 Å². The normalized spacial score (nSPS) is 15.2. The molecule has 0 saturated heterocycles. The lowest BCUT2D eigenvalue weighted by Crippen LogP contribution is -2.20. The lowest BCUT2D eigenvalue weighted by Gasteiger charge is -2.06. The SMILES string of the molecule is B/C(C)=N/NC(C)CC. The Bertz CT molecular complexity index is 97.2. The van der Waals surface area contributed by atoms with Crippen LogP contribution in [-0.4, -0.2) is 19.5 Å². The first kappa shape index (κ1) is 8.53. The van der Waals surface area contributed by atoms with E-state index < -0.39 is 0 Å². The highest BCUT2D eigenvalue weighted by atomic mass is 15.3. The van der Waals surface area contributed by atoms with Crippen LogP contribution in [0.25, 0.3) is 0 Å². The average molecular weight is 126 g/mol. The molecule has 0 aliphatic rings. The smallest absolute Gasteiger partial charge is 0.160 e. The zero-order valence-corrected chi connectivity index (χ0v) is 6.73. The zero-order valence-electron chi connectivity index (χ0n) is 6.73. The van der Waals surface area contributed by atoms with E-state index in [4.69, 9.17) is 0 Å². The fourth-order valence-corrected chi connectivity index (χ4v) is 0.331. The van der Waals surface area contributed by atoms with Gasteiger partial charge in [0.1, 0.15) is 0 Å². The molecular weight excluding hydrogens is 111 g/mol. The molecule has 0 saturated carbocycles. The van der Waals surface area contributed by atoms with Crippen LogP contribution in [0.15, 0.2) is 5.10 Å². The van der Waals surface area contributed by atoms with Crippen molar-refractivity contribution in [2.24, 2.45) is 5.10 Å². The Kier molecular flexibility index (Phi) is 4.19. The molecule has 0 aromatic rings. The van der Waals surface area contributed by atoms with Crippen molar-refractivity contribution in [3.8, 4) is 0 Å². The maximum Gasteiger partial charge on any atom is 0.160 e. The Morgan fingerprint density at radius 2 is 2.33 bits per heavy atom. The minimum atomic E-state index is 0.500. The number of nitrogens with one attached hydrogen (secondary N) is 1. The van der Waals surface area contributed by atoms with E-state index in [1.54, 1.807) is 0 Å². The van der Waals surface area contributed by atoms with Gasteiger partial charge in [0.15, 0.2) is 7.85 Å². The fourth-order valence-electron chi connectivity index (χ4n) is 0.331. The molecular formula is C6H15BN2. The third-order valence-electron chi connectivity index (χ3n) is 1.12. The van der Waals surface area contributed by atoms with Crippen LogP contribution >= 0.6 is 0 Å². The van der Waals surface area contributed by atoms with Crippen LogP contribution in [0.4, 0.5) is 0 Å². The molecule has 0 radical (unpaired) electrons. The molecule has 1 N–H and O–H groups in total. The minimum absolute atomic E-state index is 0.500. The number of hydrogen-bond donors (Lipinski definition) is 1. The fraction of sp³-hybridized carbons (Fsp3) is 0.833. The van der Waals surface area contributed by atoms with Crippen molar-refractivity contribution in [3.63, 3.8) is 0 Å². The molecule has 0 aromatic heterocycles. The lowest BCUT2D eigenvalue weighted by molar-refractivity contribution is 0.558. The van der Waals surface area contributed by atoms with Gasteiger partial charge in [-0.3, -0.25) is 0 Å². The Morgan fingerprint density at radius 3 is 2.67 bits per heavy atom. The van der Waals surface area contributed by atoms with Crippen LogP contribution in [0.3, 0.4) is 0 Å². The minimum Gasteiger partial charge on any atom is -0.308 e. The molecule has 1 unspecified atom stereocenters. The van der Waals surface area contributed by atoms with Gasteiger partial charge in [-0.15, -0.1) is 0 Å². The van der Waals surface area contributed by atoms with E-state index in [2.05, 4.69) is 24.4 Å². The monoisotopic (exact) mass is 126 g/mol. The average Bonchev–Trinajstić information content (AvgIpc) is 1.83. The van der Waals surface area contributed by atoms with Gasteiger partial charge in [-0.05, 0) is 25.9 Å². The summed E-state index contributed by atoms with van der Waals surface area (Å²) in [5, 5.41) is 4.06. The van der Waals surface area contributed by atoms with Crippen molar-refractivity contribution in [2.75, 3.05) is 0 Å². The Morgan fingerprint density at radius 1 is 1.78 bits per heavy atom. The Hall–Kier alpha value is -0.465. The molecule has 0 spiro atoms. The Balaban J connectivity index is 3.37. The van der Waals surface area contributed by atoms with Crippen molar-refractivity contribution in [2.45, 2.75) is 33.2 Å². The molecule has 0 bridgehead atoms. The predicted octanol–water partition coefficient (Wildman–Crippen LogP) is 0.341. The molecule has 1 atom stereocenters. The van der Waals surface area contributed by atoms with Gasteiger partial charge in [-0.2, -0.15) is 0 Å². The molecule has 0 fully saturated rings. The Labute approximate surface area is 58.1 Å². The maximum absolute atomic E-state index is 4.06. The van der Waals surface area contributed by atoms with Gasteiger partial charge in [0, 0.05) is 6.04 Å². The van der Waals surface area contributed by atoms with Gasteiger partial charge in [0.05, 0.1) is 0 Å². The summed E-state index contributed by atoms with van der Waals surface area (Å²) in [7, 11) is 1.98. The second-order valence-electron chi connectivity index (χ2n) is 2.50. The summed E-state index contributed by atoms with van der Waals surface area (Å²) < 4.78 is 0. The summed E-state index contributed by atoms with van der Waals surface area (Å²) in [5.74, 6) is 0. The summed E-state index contributed by atoms with van der Waals surface area (Å²) >= 11 is 0. The van der Waals surface area contributed by atoms with E-state index >= 15 is 0 Å². The highest BCUT2D eigenvalue weighted by Gasteiger charge is 1.91. The number of nitrogens with zero attached hydrogens (tertiary/aromatic N) is 1. The maximum atomic E-state index is 4.06. The van der Waals surface area contributed by atoms with E-state index in [0.717, 1.165) is 12.0 Å². The largest absolute Gasteiger partial charge is 0.308 e. The number of hydrogen-bond acceptors (Lipinski definition) is 2. The lowest BCUT2D eigenvalue weighted by atomic mass is 10.1. The second-order valence-corrected chi connectivity index (χ2v) is 2.50. The molecule has 0 heterocycles. The van der Waals surface area contributed by atoms with E-state index in [0.29, 0.717) is 6.04 Å². The molecule has 0 amide bonds. The van der Waals surface area contributed by atoms with Gasteiger partial charge in [-0.25, -0.2) is 5.10 Å². The van der Waals surface area contributed by atoms with E-state index in [1.165, 1.54) is 0 Å². The number of hydrazone groups is 1. The van der Waals surface area contributed by atoms with Gasteiger partial charge in [-0.1, -0.05) is 6.92 Å². The molecule has 0 aromatic carbocycles. The summed E-state index contributed by atoms with van der Waals surface area (Å²) in [6.45, 7) is 6.24. The highest BCUT2D eigenvalue weighted by Crippen LogP contribution is 1.85. The molecule has 3 heteroatoms. The van der Waals surface area contributed by atoms with Crippen molar-refractivity contribution in [1.82, 2.24) is 5.43 Å². The topological polar surface area (TPSA) is 24.4 Å². The number of rotatable bonds is 3. The second kappa shape index (κ2) is 4.42. The standard InChI is InChI=1S/C6H15BN2/c1-4-5(2)8-9-6(3)7/h5,8H,4,7H2,1-3H3/b9-6+. The van der Waals surface area contributed by atoms with Crippen molar-refractivity contribution < 1.29 is 0 Å². The first-order chi connectivity index (χ1) is 4.16. The first-order valence-corrected chi connectivity index (χ1v) is 3.43. The summed E-state index contributed by atoms with van der Waals surface area (Å²) in [5.41, 5.74) is 4.10. The molecule has 9 heavy (non-hydrogen) atoms. The van der Waals surface area contributed by atoms with Gasteiger partial charge in [0.2, 0.25) is 0 Å². The van der Waals surface area contributed by atoms with Crippen molar-refractivity contribution in [3.05, 3.63) is 0 Å². The molecule has 52 valence electrons. The quantitative estimate of drug-likeness (QED) is 0.329.